The molecule has 0 aliphatic rings. The number of methoxy groups -OCH3 is 2. The van der Waals surface area contributed by atoms with E-state index in [9.17, 15) is 21.6 Å². The minimum absolute atomic E-state index is 0.0254. The standard InChI is InChI=1S/C21H22ClNO7S2/c1-5-31(25,26)17-11-10-16(29-3)20-19(17)21(13(2)23(20)12-18(24)30-4)32(27,28)15-8-6-14(22)7-9-15/h6-11H,5,12H2,1-4H3. The molecule has 0 atom stereocenters. The molecule has 0 bridgehead atoms. The lowest BCUT2D eigenvalue weighted by Crippen LogP contribution is -2.13. The molecule has 0 aliphatic heterocycles. The number of rotatable bonds is 7. The van der Waals surface area contributed by atoms with E-state index in [4.69, 9.17) is 21.1 Å². The van der Waals surface area contributed by atoms with Crippen molar-refractivity contribution in [2.24, 2.45) is 0 Å². The molecule has 0 N–H and O–H groups in total. The monoisotopic (exact) mass is 499 g/mol. The molecule has 0 saturated carbocycles. The van der Waals surface area contributed by atoms with Gasteiger partial charge in [0.25, 0.3) is 0 Å². The third-order valence-corrected chi connectivity index (χ3v) is 9.13. The fourth-order valence-corrected chi connectivity index (χ4v) is 6.53. The van der Waals surface area contributed by atoms with Gasteiger partial charge in [-0.1, -0.05) is 18.5 Å². The number of ether oxygens (including phenoxy) is 2. The van der Waals surface area contributed by atoms with Crippen molar-refractivity contribution in [2.45, 2.75) is 35.1 Å². The van der Waals surface area contributed by atoms with Gasteiger partial charge < -0.3 is 14.0 Å². The number of carbonyl (C=O) groups is 1. The number of hydrogen-bond acceptors (Lipinski definition) is 7. The van der Waals surface area contributed by atoms with Gasteiger partial charge in [-0.3, -0.25) is 4.79 Å². The third-order valence-electron chi connectivity index (χ3n) is 5.18. The van der Waals surface area contributed by atoms with Gasteiger partial charge in [0.1, 0.15) is 17.2 Å². The van der Waals surface area contributed by atoms with E-state index in [1.165, 1.54) is 69.0 Å². The predicted octanol–water partition coefficient (Wildman–Crippen LogP) is 3.41. The van der Waals surface area contributed by atoms with Crippen LogP contribution in [0.4, 0.5) is 0 Å². The Morgan fingerprint density at radius 1 is 1.03 bits per heavy atom. The molecule has 0 aliphatic carbocycles. The summed E-state index contributed by atoms with van der Waals surface area (Å²) in [6.07, 6.45) is 0. The van der Waals surface area contributed by atoms with Crippen LogP contribution in [0, 0.1) is 6.92 Å². The molecule has 1 heterocycles. The number of aromatic nitrogens is 1. The molecule has 2 aromatic carbocycles. The summed E-state index contributed by atoms with van der Waals surface area (Å²) in [5, 5.41) is 0.326. The van der Waals surface area contributed by atoms with Crippen LogP contribution in [-0.2, 0) is 35.8 Å². The zero-order valence-corrected chi connectivity index (χ0v) is 20.3. The fraction of sp³-hybridized carbons (Fsp3) is 0.286. The quantitative estimate of drug-likeness (QED) is 0.458. The van der Waals surface area contributed by atoms with E-state index in [0.717, 1.165) is 0 Å². The molecule has 8 nitrogen and oxygen atoms in total. The summed E-state index contributed by atoms with van der Waals surface area (Å²) in [7, 11) is -5.45. The van der Waals surface area contributed by atoms with E-state index in [-0.39, 0.29) is 49.3 Å². The van der Waals surface area contributed by atoms with Crippen molar-refractivity contribution in [1.82, 2.24) is 4.57 Å². The number of halogens is 1. The number of carbonyl (C=O) groups excluding carboxylic acids is 1. The Kier molecular flexibility index (Phi) is 6.60. The fourth-order valence-electron chi connectivity index (χ4n) is 3.54. The van der Waals surface area contributed by atoms with Gasteiger partial charge in [0.2, 0.25) is 9.84 Å². The van der Waals surface area contributed by atoms with Gasteiger partial charge in [0, 0.05) is 16.1 Å². The van der Waals surface area contributed by atoms with Gasteiger partial charge in [-0.2, -0.15) is 0 Å². The molecule has 32 heavy (non-hydrogen) atoms. The molecule has 11 heteroatoms. The second-order valence-corrected chi connectivity index (χ2v) is 11.5. The van der Waals surface area contributed by atoms with E-state index >= 15 is 0 Å². The minimum atomic E-state index is -4.20. The Morgan fingerprint density at radius 3 is 2.19 bits per heavy atom. The number of sulfone groups is 2. The van der Waals surface area contributed by atoms with Crippen molar-refractivity contribution < 1.29 is 31.1 Å². The van der Waals surface area contributed by atoms with E-state index in [0.29, 0.717) is 5.02 Å². The van der Waals surface area contributed by atoms with Crippen LogP contribution < -0.4 is 4.74 Å². The van der Waals surface area contributed by atoms with Crippen molar-refractivity contribution >= 4 is 48.1 Å². The summed E-state index contributed by atoms with van der Waals surface area (Å²) in [4.78, 5) is 11.7. The molecule has 0 fully saturated rings. The number of nitrogens with zero attached hydrogens (tertiary/aromatic N) is 1. The second kappa shape index (κ2) is 8.76. The maximum Gasteiger partial charge on any atom is 0.325 e. The average molecular weight is 500 g/mol. The highest BCUT2D eigenvalue weighted by Gasteiger charge is 2.33. The maximum atomic E-state index is 13.7. The van der Waals surface area contributed by atoms with E-state index in [1.807, 2.05) is 0 Å². The van der Waals surface area contributed by atoms with E-state index in [1.54, 1.807) is 0 Å². The molecular formula is C21H22ClNO7S2. The molecule has 0 amide bonds. The Morgan fingerprint density at radius 2 is 1.66 bits per heavy atom. The summed E-state index contributed by atoms with van der Waals surface area (Å²) in [6, 6.07) is 8.31. The molecule has 0 spiro atoms. The lowest BCUT2D eigenvalue weighted by atomic mass is 10.2. The van der Waals surface area contributed by atoms with E-state index < -0.39 is 25.6 Å². The molecule has 172 valence electrons. The first-order valence-electron chi connectivity index (χ1n) is 9.49. The highest BCUT2D eigenvalue weighted by molar-refractivity contribution is 7.92. The first-order valence-corrected chi connectivity index (χ1v) is 13.0. The van der Waals surface area contributed by atoms with Crippen LogP contribution in [-0.4, -0.2) is 47.3 Å². The molecule has 0 radical (unpaired) electrons. The number of fused-ring (bicyclic) bond motifs is 1. The van der Waals surface area contributed by atoms with Gasteiger partial charge in [-0.25, -0.2) is 16.8 Å². The normalized spacial score (nSPS) is 12.2. The average Bonchev–Trinajstić information content (AvgIpc) is 3.05. The summed E-state index contributed by atoms with van der Waals surface area (Å²) < 4.78 is 64.8. The van der Waals surface area contributed by atoms with Gasteiger partial charge in [0.05, 0.1) is 35.3 Å². The summed E-state index contributed by atoms with van der Waals surface area (Å²) >= 11 is 5.91. The SMILES string of the molecule is CCS(=O)(=O)c1ccc(OC)c2c1c(S(=O)(=O)c1ccc(Cl)cc1)c(C)n2CC(=O)OC. The summed E-state index contributed by atoms with van der Waals surface area (Å²) in [5.41, 5.74) is 0.356. The van der Waals surface area contributed by atoms with Crippen molar-refractivity contribution in [3.63, 3.8) is 0 Å². The zero-order valence-electron chi connectivity index (χ0n) is 17.9. The number of hydrogen-bond donors (Lipinski definition) is 0. The zero-order chi connectivity index (χ0) is 23.8. The van der Waals surface area contributed by atoms with Crippen LogP contribution in [0.25, 0.3) is 10.9 Å². The molecular weight excluding hydrogens is 478 g/mol. The van der Waals surface area contributed by atoms with Crippen molar-refractivity contribution in [1.29, 1.82) is 0 Å². The first kappa shape index (κ1) is 24.1. The smallest absolute Gasteiger partial charge is 0.325 e. The van der Waals surface area contributed by atoms with Crippen LogP contribution in [0.15, 0.2) is 51.1 Å². The topological polar surface area (TPSA) is 109 Å². The van der Waals surface area contributed by atoms with Crippen molar-refractivity contribution in [3.8, 4) is 5.75 Å². The molecule has 3 aromatic rings. The molecule has 0 unspecified atom stereocenters. The van der Waals surface area contributed by atoms with Crippen LogP contribution in [0.1, 0.15) is 12.6 Å². The van der Waals surface area contributed by atoms with Crippen LogP contribution in [0.5, 0.6) is 5.75 Å². The Bertz CT molecular complexity index is 1410. The molecule has 0 saturated heterocycles. The number of esters is 1. The third kappa shape index (κ3) is 3.98. The minimum Gasteiger partial charge on any atom is -0.495 e. The summed E-state index contributed by atoms with van der Waals surface area (Å²) in [6.45, 7) is 2.64. The largest absolute Gasteiger partial charge is 0.495 e. The highest BCUT2D eigenvalue weighted by atomic mass is 35.5. The summed E-state index contributed by atoms with van der Waals surface area (Å²) in [5.74, 6) is -0.651. The second-order valence-electron chi connectivity index (χ2n) is 6.93. The lowest BCUT2D eigenvalue weighted by molar-refractivity contribution is -0.141. The van der Waals surface area contributed by atoms with Crippen molar-refractivity contribution in [3.05, 3.63) is 47.1 Å². The van der Waals surface area contributed by atoms with Crippen LogP contribution in [0.2, 0.25) is 5.02 Å². The highest BCUT2D eigenvalue weighted by Crippen LogP contribution is 2.42. The Balaban J connectivity index is 2.56. The number of benzene rings is 2. The van der Waals surface area contributed by atoms with Crippen LogP contribution >= 0.6 is 11.6 Å². The Hall–Kier alpha value is -2.56. The van der Waals surface area contributed by atoms with Crippen LogP contribution in [0.3, 0.4) is 0 Å². The molecule has 1 aromatic heterocycles. The first-order chi connectivity index (χ1) is 15.0. The molecule has 3 rings (SSSR count). The van der Waals surface area contributed by atoms with Crippen molar-refractivity contribution in [2.75, 3.05) is 20.0 Å². The van der Waals surface area contributed by atoms with E-state index in [2.05, 4.69) is 0 Å². The predicted molar refractivity (Wildman–Crippen MR) is 120 cm³/mol. The van der Waals surface area contributed by atoms with Gasteiger partial charge in [-0.15, -0.1) is 0 Å². The maximum absolute atomic E-state index is 13.7. The van der Waals surface area contributed by atoms with Gasteiger partial charge >= 0.3 is 5.97 Å². The van der Waals surface area contributed by atoms with Gasteiger partial charge in [-0.05, 0) is 43.3 Å². The lowest BCUT2D eigenvalue weighted by Gasteiger charge is -2.11. The van der Waals surface area contributed by atoms with Gasteiger partial charge in [0.15, 0.2) is 9.84 Å². The Labute approximate surface area is 191 Å².